The van der Waals surface area contributed by atoms with Gasteiger partial charge < -0.3 is 10.4 Å². The van der Waals surface area contributed by atoms with E-state index in [2.05, 4.69) is 17.1 Å². The SMILES string of the molecule is CC(Cc1ccc(C(=O)O)cc1)N1CCNCC1. The van der Waals surface area contributed by atoms with Crippen LogP contribution in [0.3, 0.4) is 0 Å². The van der Waals surface area contributed by atoms with Crippen molar-refractivity contribution in [2.45, 2.75) is 19.4 Å². The number of piperazine rings is 1. The van der Waals surface area contributed by atoms with Gasteiger partial charge in [-0.1, -0.05) is 12.1 Å². The number of benzene rings is 1. The molecular weight excluding hydrogens is 228 g/mol. The number of nitrogens with zero attached hydrogens (tertiary/aromatic N) is 1. The molecule has 1 saturated heterocycles. The Hall–Kier alpha value is -1.39. The summed E-state index contributed by atoms with van der Waals surface area (Å²) in [6.45, 7) is 6.53. The van der Waals surface area contributed by atoms with Crippen LogP contribution in [-0.4, -0.2) is 48.2 Å². The van der Waals surface area contributed by atoms with E-state index in [4.69, 9.17) is 5.11 Å². The third-order valence-electron chi connectivity index (χ3n) is 3.51. The minimum Gasteiger partial charge on any atom is -0.478 e. The number of nitrogens with one attached hydrogen (secondary N) is 1. The van der Waals surface area contributed by atoms with Gasteiger partial charge >= 0.3 is 5.97 Å². The van der Waals surface area contributed by atoms with E-state index in [0.717, 1.165) is 32.6 Å². The lowest BCUT2D eigenvalue weighted by molar-refractivity contribution is 0.0697. The molecule has 1 aromatic carbocycles. The van der Waals surface area contributed by atoms with Crippen LogP contribution in [0, 0.1) is 0 Å². The molecule has 0 bridgehead atoms. The number of carbonyl (C=O) groups is 1. The highest BCUT2D eigenvalue weighted by atomic mass is 16.4. The van der Waals surface area contributed by atoms with Crippen LogP contribution in [0.15, 0.2) is 24.3 Å². The third-order valence-corrected chi connectivity index (χ3v) is 3.51. The molecular formula is C14H20N2O2. The summed E-state index contributed by atoms with van der Waals surface area (Å²) in [5, 5.41) is 12.2. The van der Waals surface area contributed by atoms with Crippen molar-refractivity contribution in [2.75, 3.05) is 26.2 Å². The maximum atomic E-state index is 10.8. The summed E-state index contributed by atoms with van der Waals surface area (Å²) in [7, 11) is 0. The van der Waals surface area contributed by atoms with Crippen LogP contribution in [0.25, 0.3) is 0 Å². The zero-order valence-corrected chi connectivity index (χ0v) is 10.7. The monoisotopic (exact) mass is 248 g/mol. The maximum absolute atomic E-state index is 10.8. The number of aromatic carboxylic acids is 1. The molecule has 98 valence electrons. The Kier molecular flexibility index (Phi) is 4.33. The zero-order chi connectivity index (χ0) is 13.0. The highest BCUT2D eigenvalue weighted by Gasteiger charge is 2.16. The second kappa shape index (κ2) is 5.98. The first-order chi connectivity index (χ1) is 8.66. The van der Waals surface area contributed by atoms with Crippen LogP contribution in [0.1, 0.15) is 22.8 Å². The number of hydrogen-bond donors (Lipinski definition) is 2. The van der Waals surface area contributed by atoms with E-state index < -0.39 is 5.97 Å². The molecule has 1 aliphatic rings. The lowest BCUT2D eigenvalue weighted by Gasteiger charge is -2.32. The van der Waals surface area contributed by atoms with E-state index in [9.17, 15) is 4.79 Å². The van der Waals surface area contributed by atoms with Crippen molar-refractivity contribution >= 4 is 5.97 Å². The van der Waals surface area contributed by atoms with Gasteiger partial charge in [-0.05, 0) is 31.0 Å². The first-order valence-corrected chi connectivity index (χ1v) is 6.44. The van der Waals surface area contributed by atoms with Gasteiger partial charge in [0.25, 0.3) is 0 Å². The van der Waals surface area contributed by atoms with Crippen molar-refractivity contribution in [1.29, 1.82) is 0 Å². The molecule has 0 aliphatic carbocycles. The Morgan fingerprint density at radius 1 is 1.33 bits per heavy atom. The van der Waals surface area contributed by atoms with Crippen molar-refractivity contribution in [2.24, 2.45) is 0 Å². The minimum absolute atomic E-state index is 0.355. The first kappa shape index (κ1) is 13.1. The van der Waals surface area contributed by atoms with Crippen molar-refractivity contribution in [3.05, 3.63) is 35.4 Å². The second-order valence-corrected chi connectivity index (χ2v) is 4.84. The molecule has 1 aliphatic heterocycles. The van der Waals surface area contributed by atoms with Gasteiger partial charge in [0.1, 0.15) is 0 Å². The van der Waals surface area contributed by atoms with E-state index in [1.54, 1.807) is 12.1 Å². The quantitative estimate of drug-likeness (QED) is 0.841. The smallest absolute Gasteiger partial charge is 0.335 e. The molecule has 0 aromatic heterocycles. The number of carboxylic acids is 1. The Labute approximate surface area is 108 Å². The predicted octanol–water partition coefficient (Wildman–Crippen LogP) is 1.22. The molecule has 4 nitrogen and oxygen atoms in total. The average Bonchev–Trinajstić information content (AvgIpc) is 2.40. The third kappa shape index (κ3) is 3.31. The molecule has 1 atom stereocenters. The first-order valence-electron chi connectivity index (χ1n) is 6.44. The highest BCUT2D eigenvalue weighted by Crippen LogP contribution is 2.11. The summed E-state index contributed by atoms with van der Waals surface area (Å²) in [5.41, 5.74) is 1.56. The molecule has 1 aromatic rings. The number of carboxylic acid groups (broad SMARTS) is 1. The van der Waals surface area contributed by atoms with Gasteiger partial charge in [0.2, 0.25) is 0 Å². The fourth-order valence-corrected chi connectivity index (χ4v) is 2.38. The summed E-state index contributed by atoms with van der Waals surface area (Å²) in [6.07, 6.45) is 0.972. The van der Waals surface area contributed by atoms with Crippen LogP contribution in [0.4, 0.5) is 0 Å². The molecule has 18 heavy (non-hydrogen) atoms. The van der Waals surface area contributed by atoms with E-state index in [1.807, 2.05) is 12.1 Å². The number of rotatable bonds is 4. The summed E-state index contributed by atoms with van der Waals surface area (Å²) in [4.78, 5) is 13.2. The van der Waals surface area contributed by atoms with E-state index in [1.165, 1.54) is 5.56 Å². The molecule has 1 heterocycles. The Balaban J connectivity index is 1.93. The van der Waals surface area contributed by atoms with Crippen LogP contribution in [0.5, 0.6) is 0 Å². The topological polar surface area (TPSA) is 52.6 Å². The van der Waals surface area contributed by atoms with Crippen molar-refractivity contribution in [1.82, 2.24) is 10.2 Å². The van der Waals surface area contributed by atoms with E-state index in [0.29, 0.717) is 11.6 Å². The van der Waals surface area contributed by atoms with Gasteiger partial charge in [0.15, 0.2) is 0 Å². The van der Waals surface area contributed by atoms with Crippen LogP contribution in [0.2, 0.25) is 0 Å². The van der Waals surface area contributed by atoms with E-state index in [-0.39, 0.29) is 0 Å². The van der Waals surface area contributed by atoms with Crippen LogP contribution in [-0.2, 0) is 6.42 Å². The zero-order valence-electron chi connectivity index (χ0n) is 10.7. The standard InChI is InChI=1S/C14H20N2O2/c1-11(16-8-6-15-7-9-16)10-12-2-4-13(5-3-12)14(17)18/h2-5,11,15H,6-10H2,1H3,(H,17,18). The Morgan fingerprint density at radius 2 is 1.94 bits per heavy atom. The molecule has 0 amide bonds. The van der Waals surface area contributed by atoms with Gasteiger partial charge in [-0.15, -0.1) is 0 Å². The van der Waals surface area contributed by atoms with E-state index >= 15 is 0 Å². The molecule has 1 fully saturated rings. The molecule has 2 N–H and O–H groups in total. The maximum Gasteiger partial charge on any atom is 0.335 e. The fourth-order valence-electron chi connectivity index (χ4n) is 2.38. The van der Waals surface area contributed by atoms with Crippen LogP contribution < -0.4 is 5.32 Å². The van der Waals surface area contributed by atoms with Gasteiger partial charge in [-0.3, -0.25) is 4.90 Å². The second-order valence-electron chi connectivity index (χ2n) is 4.84. The normalized spacial score (nSPS) is 18.5. The highest BCUT2D eigenvalue weighted by molar-refractivity contribution is 5.87. The lowest BCUT2D eigenvalue weighted by Crippen LogP contribution is -2.48. The van der Waals surface area contributed by atoms with Crippen molar-refractivity contribution < 1.29 is 9.90 Å². The largest absolute Gasteiger partial charge is 0.478 e. The van der Waals surface area contributed by atoms with Gasteiger partial charge in [-0.2, -0.15) is 0 Å². The van der Waals surface area contributed by atoms with Crippen molar-refractivity contribution in [3.63, 3.8) is 0 Å². The average molecular weight is 248 g/mol. The van der Waals surface area contributed by atoms with Crippen LogP contribution >= 0.6 is 0 Å². The molecule has 1 unspecified atom stereocenters. The van der Waals surface area contributed by atoms with Gasteiger partial charge in [-0.25, -0.2) is 4.79 Å². The number of hydrogen-bond acceptors (Lipinski definition) is 3. The summed E-state index contributed by atoms with van der Waals surface area (Å²) < 4.78 is 0. The molecule has 0 spiro atoms. The van der Waals surface area contributed by atoms with Gasteiger partial charge in [0, 0.05) is 32.2 Å². The van der Waals surface area contributed by atoms with Crippen molar-refractivity contribution in [3.8, 4) is 0 Å². The summed E-state index contributed by atoms with van der Waals surface area (Å²) >= 11 is 0. The fraction of sp³-hybridized carbons (Fsp3) is 0.500. The Bertz CT molecular complexity index is 397. The minimum atomic E-state index is -0.864. The summed E-state index contributed by atoms with van der Waals surface area (Å²) in [6, 6.07) is 7.71. The molecule has 0 radical (unpaired) electrons. The molecule has 0 saturated carbocycles. The predicted molar refractivity (Wildman–Crippen MR) is 71.0 cm³/mol. The Morgan fingerprint density at radius 3 is 2.50 bits per heavy atom. The molecule has 4 heteroatoms. The summed E-state index contributed by atoms with van der Waals surface area (Å²) in [5.74, 6) is -0.864. The lowest BCUT2D eigenvalue weighted by atomic mass is 10.0. The molecule has 2 rings (SSSR count). The van der Waals surface area contributed by atoms with Gasteiger partial charge in [0.05, 0.1) is 5.56 Å².